The highest BCUT2D eigenvalue weighted by atomic mass is 32.1. The molecule has 0 fully saturated rings. The molecule has 1 aromatic heterocycles. The second-order valence-corrected chi connectivity index (χ2v) is 3.89. The Morgan fingerprint density at radius 1 is 1.19 bits per heavy atom. The maximum atomic E-state index is 13.4. The van der Waals surface area contributed by atoms with E-state index in [0.29, 0.717) is 17.8 Å². The van der Waals surface area contributed by atoms with E-state index in [4.69, 9.17) is 5.73 Å². The molecule has 0 aliphatic heterocycles. The molecule has 0 aliphatic rings. The van der Waals surface area contributed by atoms with Crippen molar-refractivity contribution in [1.29, 1.82) is 0 Å². The summed E-state index contributed by atoms with van der Waals surface area (Å²) in [5, 5.41) is 1.59. The minimum atomic E-state index is -1.02. The van der Waals surface area contributed by atoms with Gasteiger partial charge in [0.05, 0.1) is 17.2 Å². The average Bonchev–Trinajstić information content (AvgIpc) is 2.67. The Morgan fingerprint density at radius 2 is 1.81 bits per heavy atom. The molecule has 0 saturated heterocycles. The molecule has 2 rings (SSSR count). The third kappa shape index (κ3) is 1.94. The summed E-state index contributed by atoms with van der Waals surface area (Å²) in [7, 11) is 0. The number of halogens is 3. The normalized spacial score (nSPS) is 12.8. The van der Waals surface area contributed by atoms with Crippen LogP contribution >= 0.6 is 11.3 Å². The Morgan fingerprint density at radius 3 is 2.31 bits per heavy atom. The highest BCUT2D eigenvalue weighted by Crippen LogP contribution is 2.25. The Balaban J connectivity index is 2.48. The van der Waals surface area contributed by atoms with Gasteiger partial charge in [0.2, 0.25) is 0 Å². The molecule has 1 atom stereocenters. The number of benzene rings is 1. The van der Waals surface area contributed by atoms with E-state index in [0.717, 1.165) is 0 Å². The molecule has 0 spiro atoms. The lowest BCUT2D eigenvalue weighted by Crippen LogP contribution is -2.16. The topological polar surface area (TPSA) is 38.9 Å². The molecule has 2 aromatic rings. The Labute approximate surface area is 93.5 Å². The SMILES string of the molecule is NC(c1cscn1)c1c(F)cc(F)cc1F. The Hall–Kier alpha value is -1.40. The Bertz CT molecular complexity index is 476. The maximum absolute atomic E-state index is 13.4. The second-order valence-electron chi connectivity index (χ2n) is 3.17. The third-order valence-electron chi connectivity index (χ3n) is 2.12. The van der Waals surface area contributed by atoms with Crippen molar-refractivity contribution in [1.82, 2.24) is 4.98 Å². The van der Waals surface area contributed by atoms with Crippen LogP contribution in [0.2, 0.25) is 0 Å². The predicted octanol–water partition coefficient (Wildman–Crippen LogP) is 2.61. The molecule has 1 aromatic carbocycles. The lowest BCUT2D eigenvalue weighted by Gasteiger charge is -2.11. The van der Waals surface area contributed by atoms with Crippen LogP contribution in [0.5, 0.6) is 0 Å². The molecular weight excluding hydrogens is 237 g/mol. The smallest absolute Gasteiger partial charge is 0.134 e. The standard InChI is InChI=1S/C10H7F3N2S/c11-5-1-6(12)9(7(13)2-5)10(14)8-3-16-4-15-8/h1-4,10H,14H2. The number of nitrogens with zero attached hydrogens (tertiary/aromatic N) is 1. The van der Waals surface area contributed by atoms with E-state index in [1.54, 1.807) is 5.38 Å². The molecule has 0 aliphatic carbocycles. The molecule has 1 heterocycles. The van der Waals surface area contributed by atoms with E-state index in [2.05, 4.69) is 4.98 Å². The van der Waals surface area contributed by atoms with Crippen LogP contribution in [-0.4, -0.2) is 4.98 Å². The monoisotopic (exact) mass is 244 g/mol. The van der Waals surface area contributed by atoms with Gasteiger partial charge < -0.3 is 5.73 Å². The van der Waals surface area contributed by atoms with Crippen LogP contribution in [0, 0.1) is 17.5 Å². The highest BCUT2D eigenvalue weighted by Gasteiger charge is 2.20. The Kier molecular flexibility index (Phi) is 2.93. The fraction of sp³-hybridized carbons (Fsp3) is 0.100. The van der Waals surface area contributed by atoms with Gasteiger partial charge in [0.1, 0.15) is 17.5 Å². The third-order valence-corrected chi connectivity index (χ3v) is 2.73. The van der Waals surface area contributed by atoms with E-state index in [1.807, 2.05) is 0 Å². The number of hydrogen-bond donors (Lipinski definition) is 1. The number of rotatable bonds is 2. The number of nitrogens with two attached hydrogens (primary N) is 1. The van der Waals surface area contributed by atoms with Crippen LogP contribution in [0.25, 0.3) is 0 Å². The molecule has 2 N–H and O–H groups in total. The van der Waals surface area contributed by atoms with Crippen LogP contribution < -0.4 is 5.73 Å². The largest absolute Gasteiger partial charge is 0.319 e. The lowest BCUT2D eigenvalue weighted by atomic mass is 10.0. The van der Waals surface area contributed by atoms with E-state index in [1.165, 1.54) is 16.8 Å². The first-order valence-corrected chi connectivity index (χ1v) is 5.32. The first kappa shape index (κ1) is 11.1. The van der Waals surface area contributed by atoms with Gasteiger partial charge in [0.15, 0.2) is 0 Å². The molecule has 0 bridgehead atoms. The van der Waals surface area contributed by atoms with Crippen molar-refractivity contribution < 1.29 is 13.2 Å². The summed E-state index contributed by atoms with van der Waals surface area (Å²) in [6, 6.07) is 0.182. The van der Waals surface area contributed by atoms with Crippen LogP contribution in [0.15, 0.2) is 23.0 Å². The summed E-state index contributed by atoms with van der Waals surface area (Å²) in [6.07, 6.45) is 0. The van der Waals surface area contributed by atoms with Crippen molar-refractivity contribution in [3.05, 3.63) is 51.7 Å². The van der Waals surface area contributed by atoms with Crippen LogP contribution in [0.3, 0.4) is 0 Å². The summed E-state index contributed by atoms with van der Waals surface area (Å²) in [6.45, 7) is 0. The van der Waals surface area contributed by atoms with E-state index in [9.17, 15) is 13.2 Å². The van der Waals surface area contributed by atoms with Crippen molar-refractivity contribution >= 4 is 11.3 Å². The number of aromatic nitrogens is 1. The zero-order valence-electron chi connectivity index (χ0n) is 7.95. The molecule has 0 amide bonds. The van der Waals surface area contributed by atoms with Crippen LogP contribution in [0.1, 0.15) is 17.3 Å². The number of thiazole rings is 1. The molecule has 6 heteroatoms. The van der Waals surface area contributed by atoms with Gasteiger partial charge in [-0.25, -0.2) is 18.2 Å². The summed E-state index contributed by atoms with van der Waals surface area (Å²) in [5.74, 6) is -2.97. The highest BCUT2D eigenvalue weighted by molar-refractivity contribution is 7.07. The maximum Gasteiger partial charge on any atom is 0.134 e. The van der Waals surface area contributed by atoms with Gasteiger partial charge in [-0.2, -0.15) is 0 Å². The van der Waals surface area contributed by atoms with Crippen molar-refractivity contribution in [2.75, 3.05) is 0 Å². The van der Waals surface area contributed by atoms with Crippen molar-refractivity contribution in [2.45, 2.75) is 6.04 Å². The van der Waals surface area contributed by atoms with Gasteiger partial charge in [-0.15, -0.1) is 11.3 Å². The van der Waals surface area contributed by atoms with E-state index < -0.39 is 23.5 Å². The predicted molar refractivity (Wildman–Crippen MR) is 54.5 cm³/mol. The minimum absolute atomic E-state index is 0.356. The molecular formula is C10H7F3N2S. The first-order valence-electron chi connectivity index (χ1n) is 4.37. The van der Waals surface area contributed by atoms with E-state index in [-0.39, 0.29) is 5.56 Å². The summed E-state index contributed by atoms with van der Waals surface area (Å²) in [5.41, 5.74) is 7.15. The molecule has 84 valence electrons. The summed E-state index contributed by atoms with van der Waals surface area (Å²) in [4.78, 5) is 3.86. The summed E-state index contributed by atoms with van der Waals surface area (Å²) < 4.78 is 39.4. The molecule has 1 unspecified atom stereocenters. The quantitative estimate of drug-likeness (QED) is 0.881. The first-order chi connectivity index (χ1) is 7.59. The summed E-state index contributed by atoms with van der Waals surface area (Å²) >= 11 is 1.27. The van der Waals surface area contributed by atoms with Crippen LogP contribution in [0.4, 0.5) is 13.2 Å². The minimum Gasteiger partial charge on any atom is -0.319 e. The van der Waals surface area contributed by atoms with Gasteiger partial charge in [-0.3, -0.25) is 0 Å². The van der Waals surface area contributed by atoms with Gasteiger partial charge in [0, 0.05) is 23.1 Å². The van der Waals surface area contributed by atoms with E-state index >= 15 is 0 Å². The fourth-order valence-corrected chi connectivity index (χ4v) is 1.96. The van der Waals surface area contributed by atoms with Crippen molar-refractivity contribution in [3.8, 4) is 0 Å². The number of hydrogen-bond acceptors (Lipinski definition) is 3. The van der Waals surface area contributed by atoms with Gasteiger partial charge in [0.25, 0.3) is 0 Å². The van der Waals surface area contributed by atoms with Crippen molar-refractivity contribution in [2.24, 2.45) is 5.73 Å². The van der Waals surface area contributed by atoms with Crippen LogP contribution in [-0.2, 0) is 0 Å². The van der Waals surface area contributed by atoms with Crippen molar-refractivity contribution in [3.63, 3.8) is 0 Å². The molecule has 0 radical (unpaired) electrons. The molecule has 0 saturated carbocycles. The van der Waals surface area contributed by atoms with Gasteiger partial charge in [-0.05, 0) is 0 Å². The average molecular weight is 244 g/mol. The molecule has 16 heavy (non-hydrogen) atoms. The van der Waals surface area contributed by atoms with Gasteiger partial charge >= 0.3 is 0 Å². The molecule has 2 nitrogen and oxygen atoms in total. The fourth-order valence-electron chi connectivity index (χ4n) is 1.37. The second kappa shape index (κ2) is 4.23. The van der Waals surface area contributed by atoms with Gasteiger partial charge in [-0.1, -0.05) is 0 Å². The zero-order valence-corrected chi connectivity index (χ0v) is 8.77. The zero-order chi connectivity index (χ0) is 11.7. The lowest BCUT2D eigenvalue weighted by molar-refractivity contribution is 0.513.